The quantitative estimate of drug-likeness (QED) is 0.867. The van der Waals surface area contributed by atoms with Crippen molar-refractivity contribution in [1.29, 1.82) is 0 Å². The predicted octanol–water partition coefficient (Wildman–Crippen LogP) is 3.86. The maximum Gasteiger partial charge on any atom is 0.319 e. The SMILES string of the molecule is O=C(NCc1ncoc1C1CC1)Nc1ccccc1N1CCCCC1. The van der Waals surface area contributed by atoms with E-state index in [0.717, 1.165) is 48.8 Å². The highest BCUT2D eigenvalue weighted by molar-refractivity contribution is 5.93. The van der Waals surface area contributed by atoms with Gasteiger partial charge in [0.2, 0.25) is 0 Å². The summed E-state index contributed by atoms with van der Waals surface area (Å²) in [5.74, 6) is 1.41. The molecule has 0 radical (unpaired) electrons. The first-order chi connectivity index (χ1) is 12.3. The number of anilines is 2. The van der Waals surface area contributed by atoms with E-state index in [-0.39, 0.29) is 6.03 Å². The summed E-state index contributed by atoms with van der Waals surface area (Å²) in [7, 11) is 0. The molecule has 1 aromatic heterocycles. The summed E-state index contributed by atoms with van der Waals surface area (Å²) in [6, 6.07) is 7.78. The number of carbonyl (C=O) groups excluding carboxylic acids is 1. The molecule has 0 bridgehead atoms. The van der Waals surface area contributed by atoms with E-state index in [9.17, 15) is 4.79 Å². The van der Waals surface area contributed by atoms with Gasteiger partial charge in [-0.25, -0.2) is 9.78 Å². The van der Waals surface area contributed by atoms with Crippen molar-refractivity contribution in [2.24, 2.45) is 0 Å². The Morgan fingerprint density at radius 3 is 2.80 bits per heavy atom. The second-order valence-corrected chi connectivity index (χ2v) is 6.81. The molecule has 1 saturated carbocycles. The summed E-state index contributed by atoms with van der Waals surface area (Å²) < 4.78 is 5.45. The molecule has 0 spiro atoms. The van der Waals surface area contributed by atoms with E-state index < -0.39 is 0 Å². The second-order valence-electron chi connectivity index (χ2n) is 6.81. The number of hydrogen-bond acceptors (Lipinski definition) is 4. The number of para-hydroxylation sites is 2. The minimum Gasteiger partial charge on any atom is -0.448 e. The third-order valence-corrected chi connectivity index (χ3v) is 4.89. The number of piperidine rings is 1. The number of nitrogens with zero attached hydrogens (tertiary/aromatic N) is 2. The number of urea groups is 1. The van der Waals surface area contributed by atoms with Crippen LogP contribution in [0.4, 0.5) is 16.2 Å². The molecule has 1 aromatic carbocycles. The molecule has 2 aliphatic rings. The fraction of sp³-hybridized carbons (Fsp3) is 0.474. The fourth-order valence-corrected chi connectivity index (χ4v) is 3.41. The van der Waals surface area contributed by atoms with Gasteiger partial charge in [0.15, 0.2) is 6.39 Å². The molecule has 1 aliphatic carbocycles. The molecule has 4 rings (SSSR count). The Hall–Kier alpha value is -2.50. The molecule has 2 fully saturated rings. The van der Waals surface area contributed by atoms with Gasteiger partial charge in [0.05, 0.1) is 17.9 Å². The largest absolute Gasteiger partial charge is 0.448 e. The molecule has 2 heterocycles. The van der Waals surface area contributed by atoms with Crippen molar-refractivity contribution in [1.82, 2.24) is 10.3 Å². The molecule has 132 valence electrons. The number of aromatic nitrogens is 1. The van der Waals surface area contributed by atoms with Crippen LogP contribution in [0.1, 0.15) is 49.5 Å². The third kappa shape index (κ3) is 3.78. The first-order valence-electron chi connectivity index (χ1n) is 9.12. The van der Waals surface area contributed by atoms with E-state index in [0.29, 0.717) is 12.5 Å². The van der Waals surface area contributed by atoms with Crippen LogP contribution in [0.15, 0.2) is 35.1 Å². The van der Waals surface area contributed by atoms with Crippen LogP contribution in [-0.2, 0) is 6.54 Å². The van der Waals surface area contributed by atoms with Crippen LogP contribution in [0.25, 0.3) is 0 Å². The highest BCUT2D eigenvalue weighted by Gasteiger charge is 2.30. The molecular weight excluding hydrogens is 316 g/mol. The predicted molar refractivity (Wildman–Crippen MR) is 96.8 cm³/mol. The van der Waals surface area contributed by atoms with Crippen LogP contribution in [0.3, 0.4) is 0 Å². The number of amides is 2. The number of carbonyl (C=O) groups is 1. The van der Waals surface area contributed by atoms with Gasteiger partial charge >= 0.3 is 6.03 Å². The maximum absolute atomic E-state index is 12.3. The Bertz CT molecular complexity index is 733. The normalized spacial score (nSPS) is 17.4. The summed E-state index contributed by atoms with van der Waals surface area (Å²) in [4.78, 5) is 18.9. The summed E-state index contributed by atoms with van der Waals surface area (Å²) >= 11 is 0. The third-order valence-electron chi connectivity index (χ3n) is 4.89. The zero-order valence-corrected chi connectivity index (χ0v) is 14.3. The standard InChI is InChI=1S/C19H24N4O2/c24-19(20-12-16-18(14-8-9-14)25-13-21-16)22-15-6-2-3-7-17(15)23-10-4-1-5-11-23/h2-3,6-7,13-14H,1,4-5,8-12H2,(H2,20,22,24). The van der Waals surface area contributed by atoms with Gasteiger partial charge in [-0.2, -0.15) is 0 Å². The lowest BCUT2D eigenvalue weighted by molar-refractivity contribution is 0.251. The van der Waals surface area contributed by atoms with E-state index in [2.05, 4.69) is 26.6 Å². The lowest BCUT2D eigenvalue weighted by Crippen LogP contribution is -2.32. The van der Waals surface area contributed by atoms with Gasteiger partial charge in [0, 0.05) is 19.0 Å². The zero-order valence-electron chi connectivity index (χ0n) is 14.3. The van der Waals surface area contributed by atoms with Crippen LogP contribution in [0.2, 0.25) is 0 Å². The van der Waals surface area contributed by atoms with E-state index in [1.165, 1.54) is 25.7 Å². The van der Waals surface area contributed by atoms with Gasteiger partial charge in [-0.1, -0.05) is 12.1 Å². The van der Waals surface area contributed by atoms with Crippen LogP contribution in [0, 0.1) is 0 Å². The van der Waals surface area contributed by atoms with Crippen LogP contribution in [0.5, 0.6) is 0 Å². The van der Waals surface area contributed by atoms with E-state index >= 15 is 0 Å². The average molecular weight is 340 g/mol. The van der Waals surface area contributed by atoms with Crippen molar-refractivity contribution >= 4 is 17.4 Å². The monoisotopic (exact) mass is 340 g/mol. The van der Waals surface area contributed by atoms with Crippen LogP contribution < -0.4 is 15.5 Å². The topological polar surface area (TPSA) is 70.4 Å². The number of rotatable bonds is 5. The summed E-state index contributed by atoms with van der Waals surface area (Å²) in [5, 5.41) is 5.88. The first-order valence-corrected chi connectivity index (χ1v) is 9.12. The highest BCUT2D eigenvalue weighted by atomic mass is 16.3. The Morgan fingerprint density at radius 2 is 2.00 bits per heavy atom. The molecule has 0 atom stereocenters. The van der Waals surface area contributed by atoms with Crippen molar-refractivity contribution in [2.45, 2.75) is 44.6 Å². The summed E-state index contributed by atoms with van der Waals surface area (Å²) in [5.41, 5.74) is 2.78. The lowest BCUT2D eigenvalue weighted by atomic mass is 10.1. The van der Waals surface area contributed by atoms with Gasteiger partial charge in [0.1, 0.15) is 11.5 Å². The Labute approximate surface area is 147 Å². The summed E-state index contributed by atoms with van der Waals surface area (Å²) in [6.07, 6.45) is 7.46. The molecule has 0 unspecified atom stereocenters. The van der Waals surface area contributed by atoms with E-state index in [1.54, 1.807) is 0 Å². The second kappa shape index (κ2) is 7.17. The molecule has 25 heavy (non-hydrogen) atoms. The number of nitrogens with one attached hydrogen (secondary N) is 2. The number of hydrogen-bond donors (Lipinski definition) is 2. The molecule has 2 aromatic rings. The van der Waals surface area contributed by atoms with Gasteiger partial charge < -0.3 is 20.0 Å². The maximum atomic E-state index is 12.3. The highest BCUT2D eigenvalue weighted by Crippen LogP contribution is 2.41. The van der Waals surface area contributed by atoms with Crippen molar-refractivity contribution < 1.29 is 9.21 Å². The van der Waals surface area contributed by atoms with Gasteiger partial charge in [-0.05, 0) is 44.2 Å². The van der Waals surface area contributed by atoms with Gasteiger partial charge in [0.25, 0.3) is 0 Å². The van der Waals surface area contributed by atoms with Gasteiger partial charge in [-0.15, -0.1) is 0 Å². The van der Waals surface area contributed by atoms with Crippen molar-refractivity contribution in [3.05, 3.63) is 42.1 Å². The molecular formula is C19H24N4O2. The summed E-state index contributed by atoms with van der Waals surface area (Å²) in [6.45, 7) is 2.48. The lowest BCUT2D eigenvalue weighted by Gasteiger charge is -2.30. The molecule has 2 N–H and O–H groups in total. The van der Waals surface area contributed by atoms with Crippen LogP contribution in [-0.4, -0.2) is 24.1 Å². The molecule has 1 aliphatic heterocycles. The number of benzene rings is 1. The van der Waals surface area contributed by atoms with E-state index in [4.69, 9.17) is 4.42 Å². The molecule has 6 heteroatoms. The van der Waals surface area contributed by atoms with Crippen molar-refractivity contribution in [3.63, 3.8) is 0 Å². The first kappa shape index (κ1) is 16.0. The smallest absolute Gasteiger partial charge is 0.319 e. The minimum absolute atomic E-state index is 0.214. The van der Waals surface area contributed by atoms with Crippen molar-refractivity contribution in [2.75, 3.05) is 23.3 Å². The zero-order chi connectivity index (χ0) is 17.1. The average Bonchev–Trinajstić information content (AvgIpc) is 3.39. The number of oxazole rings is 1. The molecule has 6 nitrogen and oxygen atoms in total. The Kier molecular flexibility index (Phi) is 4.59. The molecule has 1 saturated heterocycles. The Balaban J connectivity index is 1.38. The van der Waals surface area contributed by atoms with E-state index in [1.807, 2.05) is 18.2 Å². The van der Waals surface area contributed by atoms with Crippen molar-refractivity contribution in [3.8, 4) is 0 Å². The molecule has 2 amide bonds. The minimum atomic E-state index is -0.214. The Morgan fingerprint density at radius 1 is 1.20 bits per heavy atom. The van der Waals surface area contributed by atoms with Crippen LogP contribution >= 0.6 is 0 Å². The fourth-order valence-electron chi connectivity index (χ4n) is 3.41. The van der Waals surface area contributed by atoms with Gasteiger partial charge in [-0.3, -0.25) is 0 Å².